The molecule has 4 aliphatic rings. The zero-order chi connectivity index (χ0) is 25.1. The Bertz CT molecular complexity index is 1260. The van der Waals surface area contributed by atoms with Gasteiger partial charge in [-0.15, -0.1) is 0 Å². The number of halogens is 4. The molecule has 2 aromatic carbocycles. The minimum atomic E-state index is -4.46. The van der Waals surface area contributed by atoms with Crippen LogP contribution in [0.2, 0.25) is 0 Å². The summed E-state index contributed by atoms with van der Waals surface area (Å²) in [7, 11) is 0. The van der Waals surface area contributed by atoms with E-state index < -0.39 is 23.1 Å². The Kier molecular flexibility index (Phi) is 5.65. The number of alkyl halides is 3. The van der Waals surface area contributed by atoms with Crippen LogP contribution in [0.4, 0.5) is 29.3 Å². The van der Waals surface area contributed by atoms with E-state index >= 15 is 0 Å². The first kappa shape index (κ1) is 23.9. The van der Waals surface area contributed by atoms with Gasteiger partial charge in [-0.2, -0.15) is 13.2 Å². The zero-order valence-corrected chi connectivity index (χ0v) is 21.2. The minimum Gasteiger partial charge on any atom is -0.486 e. The summed E-state index contributed by atoms with van der Waals surface area (Å²) >= 11 is 1.96. The number of amides is 2. The molecule has 0 aromatic heterocycles. The lowest BCUT2D eigenvalue weighted by Crippen LogP contribution is -2.44. The van der Waals surface area contributed by atoms with E-state index in [0.29, 0.717) is 51.2 Å². The Balaban J connectivity index is 1.37. The van der Waals surface area contributed by atoms with Gasteiger partial charge < -0.3 is 24.8 Å². The number of fused-ring (bicyclic) bond motifs is 2. The number of ether oxygens (including phenoxy) is 3. The van der Waals surface area contributed by atoms with Crippen molar-refractivity contribution in [2.75, 3.05) is 28.3 Å². The van der Waals surface area contributed by atoms with Crippen LogP contribution in [0.15, 0.2) is 42.5 Å². The molecule has 2 N–H and O–H groups in total. The van der Waals surface area contributed by atoms with Crippen LogP contribution >= 0.6 is 22.9 Å². The van der Waals surface area contributed by atoms with Gasteiger partial charge in [0.2, 0.25) is 0 Å². The summed E-state index contributed by atoms with van der Waals surface area (Å²) in [4.78, 5) is 12.0. The Morgan fingerprint density at radius 2 is 1.94 bits per heavy atom. The van der Waals surface area contributed by atoms with Crippen LogP contribution in [-0.2, 0) is 22.2 Å². The lowest BCUT2D eigenvalue weighted by molar-refractivity contribution is -0.138. The highest BCUT2D eigenvalue weighted by Gasteiger charge is 2.47. The fourth-order valence-electron chi connectivity index (χ4n) is 5.09. The number of rotatable bonds is 3. The molecule has 0 aliphatic carbocycles. The van der Waals surface area contributed by atoms with Crippen LogP contribution in [-0.4, -0.2) is 37.2 Å². The van der Waals surface area contributed by atoms with Crippen molar-refractivity contribution in [3.63, 3.8) is 0 Å². The predicted molar refractivity (Wildman–Crippen MR) is 135 cm³/mol. The van der Waals surface area contributed by atoms with Gasteiger partial charge in [-0.3, -0.25) is 0 Å². The first-order valence-corrected chi connectivity index (χ1v) is 12.6. The third kappa shape index (κ3) is 4.30. The minimum absolute atomic E-state index is 0.182. The van der Waals surface area contributed by atoms with Crippen LogP contribution in [0.5, 0.6) is 5.75 Å². The number of nitrogens with one attached hydrogen (secondary N) is 2. The number of hydrogen-bond donors (Lipinski definition) is 2. The molecule has 6 rings (SSSR count). The smallest absolute Gasteiger partial charge is 0.416 e. The number of benzene rings is 2. The number of nitrogens with zero attached hydrogens (tertiary/aromatic N) is 1. The molecule has 11 heteroatoms. The molecule has 1 spiro atoms. The summed E-state index contributed by atoms with van der Waals surface area (Å²) in [6, 6.07) is 9.17. The Labute approximate surface area is 219 Å². The average molecular weight is 613 g/mol. The maximum atomic E-state index is 13.5. The summed E-state index contributed by atoms with van der Waals surface area (Å²) in [5, 5.41) is 6.32. The molecule has 0 radical (unpaired) electrons. The number of hydrogen-bond acceptors (Lipinski definition) is 5. The maximum absolute atomic E-state index is 13.5. The van der Waals surface area contributed by atoms with Gasteiger partial charge in [0.15, 0.2) is 5.72 Å². The van der Waals surface area contributed by atoms with Crippen molar-refractivity contribution in [2.24, 2.45) is 0 Å². The molecule has 1 atom stereocenters. The van der Waals surface area contributed by atoms with Crippen LogP contribution in [0, 0.1) is 0 Å². The quantitative estimate of drug-likeness (QED) is 0.267. The average Bonchev–Trinajstić information content (AvgIpc) is 3.60. The summed E-state index contributed by atoms with van der Waals surface area (Å²) < 4.78 is 59.5. The highest BCUT2D eigenvalue weighted by Crippen LogP contribution is 2.48. The van der Waals surface area contributed by atoms with Crippen LogP contribution in [0.1, 0.15) is 36.0 Å². The van der Waals surface area contributed by atoms with E-state index in [1.807, 2.05) is 47.1 Å². The fraction of sp³-hybridized carbons (Fsp3) is 0.400. The van der Waals surface area contributed by atoms with E-state index in [-0.39, 0.29) is 11.8 Å². The monoisotopic (exact) mass is 613 g/mol. The molecule has 7 nitrogen and oxygen atoms in total. The molecule has 190 valence electrons. The van der Waals surface area contributed by atoms with Gasteiger partial charge in [0.05, 0.1) is 47.3 Å². The number of epoxide rings is 1. The van der Waals surface area contributed by atoms with E-state index in [1.54, 1.807) is 0 Å². The van der Waals surface area contributed by atoms with Crippen molar-refractivity contribution in [1.82, 2.24) is 5.32 Å². The topological polar surface area (TPSA) is 75.4 Å². The molecule has 1 unspecified atom stereocenters. The SMILES string of the molecule is O=C1NCc2c(NC3(/C=C4\CC5(CCOCC5)Oc5cc(C(F)(F)F)ccc54)CO3)cccc2N1I. The Morgan fingerprint density at radius 3 is 2.67 bits per heavy atom. The van der Waals surface area contributed by atoms with Crippen molar-refractivity contribution in [2.45, 2.75) is 43.3 Å². The van der Waals surface area contributed by atoms with E-state index in [4.69, 9.17) is 14.2 Å². The van der Waals surface area contributed by atoms with Crippen molar-refractivity contribution < 1.29 is 32.2 Å². The van der Waals surface area contributed by atoms with Crippen LogP contribution in [0.3, 0.4) is 0 Å². The number of carbonyl (C=O) groups is 1. The van der Waals surface area contributed by atoms with Crippen LogP contribution in [0.25, 0.3) is 5.57 Å². The lowest BCUT2D eigenvalue weighted by Gasteiger charge is -2.42. The summed E-state index contributed by atoms with van der Waals surface area (Å²) in [6.07, 6.45) is -0.746. The first-order chi connectivity index (χ1) is 17.2. The second kappa shape index (κ2) is 8.52. The predicted octanol–water partition coefficient (Wildman–Crippen LogP) is 5.64. The van der Waals surface area contributed by atoms with Crippen molar-refractivity contribution in [3.05, 3.63) is 59.2 Å². The normalized spacial score (nSPS) is 25.6. The molecule has 2 amide bonds. The lowest BCUT2D eigenvalue weighted by atomic mass is 9.81. The highest BCUT2D eigenvalue weighted by molar-refractivity contribution is 14.1. The van der Waals surface area contributed by atoms with Crippen molar-refractivity contribution >= 4 is 45.8 Å². The third-order valence-corrected chi connectivity index (χ3v) is 8.02. The van der Waals surface area contributed by atoms with E-state index in [0.717, 1.165) is 34.6 Å². The van der Waals surface area contributed by atoms with E-state index in [2.05, 4.69) is 10.6 Å². The second-order valence-corrected chi connectivity index (χ2v) is 10.5. The second-order valence-electron chi connectivity index (χ2n) is 9.50. The van der Waals surface area contributed by atoms with Gasteiger partial charge in [-0.1, -0.05) is 12.1 Å². The molecule has 4 heterocycles. The van der Waals surface area contributed by atoms with Gasteiger partial charge in [0.25, 0.3) is 0 Å². The molecule has 0 bridgehead atoms. The molecule has 2 aromatic rings. The van der Waals surface area contributed by atoms with Crippen molar-refractivity contribution in [1.29, 1.82) is 0 Å². The number of anilines is 2. The van der Waals surface area contributed by atoms with Gasteiger partial charge in [0, 0.05) is 42.6 Å². The van der Waals surface area contributed by atoms with Crippen molar-refractivity contribution in [3.8, 4) is 5.75 Å². The molecule has 0 saturated carbocycles. The molecule has 2 saturated heterocycles. The Morgan fingerprint density at radius 1 is 1.17 bits per heavy atom. The molecule has 36 heavy (non-hydrogen) atoms. The first-order valence-electron chi connectivity index (χ1n) is 11.6. The molecular formula is C25H23F3IN3O4. The van der Waals surface area contributed by atoms with Gasteiger partial charge in [-0.05, 0) is 35.9 Å². The third-order valence-electron chi connectivity index (χ3n) is 7.06. The van der Waals surface area contributed by atoms with E-state index in [1.165, 1.54) is 9.18 Å². The van der Waals surface area contributed by atoms with Gasteiger partial charge in [0.1, 0.15) is 18.0 Å². The fourth-order valence-corrected chi connectivity index (χ4v) is 5.72. The van der Waals surface area contributed by atoms with Gasteiger partial charge >= 0.3 is 12.2 Å². The number of urea groups is 1. The summed E-state index contributed by atoms with van der Waals surface area (Å²) in [5.41, 5.74) is 1.92. The zero-order valence-electron chi connectivity index (χ0n) is 19.1. The van der Waals surface area contributed by atoms with Gasteiger partial charge in [-0.25, -0.2) is 7.91 Å². The Hall–Kier alpha value is -2.51. The molecule has 4 aliphatic heterocycles. The maximum Gasteiger partial charge on any atom is 0.416 e. The summed E-state index contributed by atoms with van der Waals surface area (Å²) in [6.45, 7) is 1.78. The van der Waals surface area contributed by atoms with E-state index in [9.17, 15) is 18.0 Å². The van der Waals surface area contributed by atoms with Crippen LogP contribution < -0.4 is 18.5 Å². The number of carbonyl (C=O) groups excluding carboxylic acids is 1. The summed E-state index contributed by atoms with van der Waals surface area (Å²) in [5.74, 6) is 0.236. The molecule has 2 fully saturated rings. The standard InChI is InChI=1S/C25H23F3IN3O4/c26-25(27,28)16-4-5-17-15(11-23(36-21(17)10-16)6-8-34-9-7-23)12-24(14-35-24)31-19-2-1-3-20-18(19)13-30-22(33)32(20)29/h1-5,10,12,31H,6-9,11,13-14H2,(H,30,33)/b15-12+. The molecular weight excluding hydrogens is 590 g/mol. The highest BCUT2D eigenvalue weighted by atomic mass is 127. The largest absolute Gasteiger partial charge is 0.486 e.